The quantitative estimate of drug-likeness (QED) is 0.687. The molecule has 102 valence electrons. The topological polar surface area (TPSA) is 12.4 Å². The van der Waals surface area contributed by atoms with Crippen LogP contribution in [0.15, 0.2) is 29.3 Å². The fraction of sp³-hybridized carbons (Fsp3) is 0.588. The van der Waals surface area contributed by atoms with Crippen molar-refractivity contribution in [2.75, 3.05) is 5.33 Å². The Kier molecular flexibility index (Phi) is 3.79. The first kappa shape index (κ1) is 13.4. The summed E-state index contributed by atoms with van der Waals surface area (Å²) >= 11 is 3.63. The maximum absolute atomic E-state index is 5.05. The number of hydrogen-bond donors (Lipinski definition) is 0. The Morgan fingerprint density at radius 3 is 2.47 bits per heavy atom. The van der Waals surface area contributed by atoms with Gasteiger partial charge in [0.05, 0.1) is 6.04 Å². The molecule has 2 heteroatoms. The second-order valence-electron chi connectivity index (χ2n) is 6.20. The van der Waals surface area contributed by atoms with Gasteiger partial charge in [-0.25, -0.2) is 0 Å². The fourth-order valence-corrected chi connectivity index (χ4v) is 4.14. The Labute approximate surface area is 124 Å². The van der Waals surface area contributed by atoms with Crippen LogP contribution in [0.3, 0.4) is 0 Å². The summed E-state index contributed by atoms with van der Waals surface area (Å²) in [6.07, 6.45) is 8.08. The normalized spacial score (nSPS) is 25.6. The van der Waals surface area contributed by atoms with Crippen LogP contribution in [0.1, 0.15) is 49.7 Å². The highest BCUT2D eigenvalue weighted by molar-refractivity contribution is 9.09. The van der Waals surface area contributed by atoms with Gasteiger partial charge in [-0.05, 0) is 31.7 Å². The van der Waals surface area contributed by atoms with E-state index in [2.05, 4.69) is 47.1 Å². The summed E-state index contributed by atoms with van der Waals surface area (Å²) in [5, 5.41) is 1.00. The number of halogens is 1. The number of nitrogens with zero attached hydrogens (tertiary/aromatic N) is 1. The SMILES string of the molecule is Cc1ccc(C2=NC(CBr)CC23CCCCC3)cc1. The highest BCUT2D eigenvalue weighted by Crippen LogP contribution is 2.47. The Hall–Kier alpha value is -0.630. The molecule has 1 aromatic rings. The number of aliphatic imine (C=N–C) groups is 1. The molecule has 0 radical (unpaired) electrons. The standard InChI is InChI=1S/C17H22BrN/c1-13-5-7-14(8-6-13)16-17(9-3-2-4-10-17)11-15(12-18)19-16/h5-8,15H,2-4,9-12H2,1H3. The van der Waals surface area contributed by atoms with Gasteiger partial charge in [0.25, 0.3) is 0 Å². The molecular formula is C17H22BrN. The molecule has 1 nitrogen and oxygen atoms in total. The van der Waals surface area contributed by atoms with E-state index < -0.39 is 0 Å². The van der Waals surface area contributed by atoms with Gasteiger partial charge >= 0.3 is 0 Å². The van der Waals surface area contributed by atoms with Crippen LogP contribution in [0.25, 0.3) is 0 Å². The third-order valence-corrected chi connectivity index (χ3v) is 5.50. The summed E-state index contributed by atoms with van der Waals surface area (Å²) in [5.74, 6) is 0. The van der Waals surface area contributed by atoms with Gasteiger partial charge in [-0.15, -0.1) is 0 Å². The van der Waals surface area contributed by atoms with E-state index in [-0.39, 0.29) is 0 Å². The second kappa shape index (κ2) is 5.40. The lowest BCUT2D eigenvalue weighted by atomic mass is 9.68. The molecule has 0 bridgehead atoms. The summed E-state index contributed by atoms with van der Waals surface area (Å²) in [7, 11) is 0. The van der Waals surface area contributed by atoms with Crippen molar-refractivity contribution in [3.05, 3.63) is 35.4 Å². The number of aryl methyl sites for hydroxylation is 1. The van der Waals surface area contributed by atoms with Crippen LogP contribution in [0, 0.1) is 12.3 Å². The van der Waals surface area contributed by atoms with Crippen LogP contribution in [-0.2, 0) is 0 Å². The molecule has 2 aliphatic rings. The Morgan fingerprint density at radius 1 is 1.16 bits per heavy atom. The maximum atomic E-state index is 5.05. The molecule has 1 fully saturated rings. The number of rotatable bonds is 2. The van der Waals surface area contributed by atoms with Gasteiger partial charge in [0.15, 0.2) is 0 Å². The van der Waals surface area contributed by atoms with E-state index in [0.29, 0.717) is 11.5 Å². The molecule has 1 aliphatic heterocycles. The summed E-state index contributed by atoms with van der Waals surface area (Å²) in [5.41, 5.74) is 4.47. The van der Waals surface area contributed by atoms with Crippen LogP contribution < -0.4 is 0 Å². The molecule has 1 spiro atoms. The summed E-state index contributed by atoms with van der Waals surface area (Å²) in [6.45, 7) is 2.15. The van der Waals surface area contributed by atoms with Gasteiger partial charge in [0.1, 0.15) is 0 Å². The monoisotopic (exact) mass is 319 g/mol. The lowest BCUT2D eigenvalue weighted by Gasteiger charge is -2.35. The van der Waals surface area contributed by atoms with Gasteiger partial charge < -0.3 is 0 Å². The number of hydrogen-bond acceptors (Lipinski definition) is 1. The molecule has 1 aliphatic carbocycles. The first-order chi connectivity index (χ1) is 9.23. The highest BCUT2D eigenvalue weighted by Gasteiger charge is 2.43. The third kappa shape index (κ3) is 2.52. The van der Waals surface area contributed by atoms with Crippen LogP contribution in [0.4, 0.5) is 0 Å². The maximum Gasteiger partial charge on any atom is 0.0609 e. The van der Waals surface area contributed by atoms with Crippen molar-refractivity contribution in [1.82, 2.24) is 0 Å². The summed E-state index contributed by atoms with van der Waals surface area (Å²) < 4.78 is 0. The van der Waals surface area contributed by atoms with E-state index in [9.17, 15) is 0 Å². The van der Waals surface area contributed by atoms with Crippen LogP contribution in [0.2, 0.25) is 0 Å². The molecule has 0 saturated heterocycles. The van der Waals surface area contributed by atoms with E-state index in [1.807, 2.05) is 0 Å². The van der Waals surface area contributed by atoms with Crippen LogP contribution in [-0.4, -0.2) is 17.1 Å². The van der Waals surface area contributed by atoms with E-state index in [4.69, 9.17) is 4.99 Å². The minimum absolute atomic E-state index is 0.381. The van der Waals surface area contributed by atoms with Crippen molar-refractivity contribution in [2.24, 2.45) is 10.4 Å². The zero-order valence-corrected chi connectivity index (χ0v) is 13.2. The number of alkyl halides is 1. The minimum Gasteiger partial charge on any atom is -0.284 e. The predicted octanol–water partition coefficient (Wildman–Crippen LogP) is 4.90. The van der Waals surface area contributed by atoms with Crippen LogP contribution in [0.5, 0.6) is 0 Å². The minimum atomic E-state index is 0.381. The molecular weight excluding hydrogens is 298 g/mol. The van der Waals surface area contributed by atoms with Gasteiger partial charge in [-0.1, -0.05) is 65.0 Å². The Morgan fingerprint density at radius 2 is 1.84 bits per heavy atom. The lowest BCUT2D eigenvalue weighted by Crippen LogP contribution is -2.31. The molecule has 1 saturated carbocycles. The average molecular weight is 320 g/mol. The van der Waals surface area contributed by atoms with Gasteiger partial charge in [0, 0.05) is 16.5 Å². The van der Waals surface area contributed by atoms with Crippen molar-refractivity contribution in [3.63, 3.8) is 0 Å². The number of benzene rings is 1. The second-order valence-corrected chi connectivity index (χ2v) is 6.84. The first-order valence-electron chi connectivity index (χ1n) is 7.45. The smallest absolute Gasteiger partial charge is 0.0609 e. The first-order valence-corrected chi connectivity index (χ1v) is 8.57. The summed E-state index contributed by atoms with van der Waals surface area (Å²) in [6, 6.07) is 9.45. The van der Waals surface area contributed by atoms with Crippen molar-refractivity contribution in [1.29, 1.82) is 0 Å². The average Bonchev–Trinajstić information content (AvgIpc) is 2.79. The molecule has 0 aromatic heterocycles. The van der Waals surface area contributed by atoms with E-state index in [1.54, 1.807) is 0 Å². The van der Waals surface area contributed by atoms with Crippen molar-refractivity contribution >= 4 is 21.6 Å². The van der Waals surface area contributed by atoms with Gasteiger partial charge in [-0.3, -0.25) is 4.99 Å². The van der Waals surface area contributed by atoms with Crippen molar-refractivity contribution < 1.29 is 0 Å². The van der Waals surface area contributed by atoms with E-state index in [0.717, 1.165) is 5.33 Å². The fourth-order valence-electron chi connectivity index (χ4n) is 3.76. The zero-order chi connectivity index (χ0) is 13.3. The predicted molar refractivity (Wildman–Crippen MR) is 85.4 cm³/mol. The Balaban J connectivity index is 1.97. The van der Waals surface area contributed by atoms with Gasteiger partial charge in [-0.2, -0.15) is 0 Å². The molecule has 1 aromatic carbocycles. The van der Waals surface area contributed by atoms with Crippen molar-refractivity contribution in [2.45, 2.75) is 51.5 Å². The molecule has 0 N–H and O–H groups in total. The Bertz CT molecular complexity index is 469. The van der Waals surface area contributed by atoms with Gasteiger partial charge in [0.2, 0.25) is 0 Å². The van der Waals surface area contributed by atoms with Crippen LogP contribution >= 0.6 is 15.9 Å². The molecule has 0 amide bonds. The molecule has 3 rings (SSSR count). The molecule has 1 unspecified atom stereocenters. The lowest BCUT2D eigenvalue weighted by molar-refractivity contribution is 0.273. The van der Waals surface area contributed by atoms with E-state index >= 15 is 0 Å². The van der Waals surface area contributed by atoms with E-state index in [1.165, 1.54) is 55.4 Å². The zero-order valence-electron chi connectivity index (χ0n) is 11.7. The molecule has 1 atom stereocenters. The molecule has 1 heterocycles. The molecule has 19 heavy (non-hydrogen) atoms. The summed E-state index contributed by atoms with van der Waals surface area (Å²) in [4.78, 5) is 5.05. The largest absolute Gasteiger partial charge is 0.284 e. The van der Waals surface area contributed by atoms with Crippen molar-refractivity contribution in [3.8, 4) is 0 Å². The highest BCUT2D eigenvalue weighted by atomic mass is 79.9. The third-order valence-electron chi connectivity index (χ3n) is 4.75.